The molecule has 0 aromatic heterocycles. The highest BCUT2D eigenvalue weighted by Crippen LogP contribution is 2.25. The van der Waals surface area contributed by atoms with Gasteiger partial charge in [0.25, 0.3) is 0 Å². The number of aryl methyl sites for hydroxylation is 1. The lowest BCUT2D eigenvalue weighted by Gasteiger charge is -2.20. The molecule has 2 fully saturated rings. The summed E-state index contributed by atoms with van der Waals surface area (Å²) < 4.78 is 5.44. The van der Waals surface area contributed by atoms with Gasteiger partial charge in [-0.15, -0.1) is 0 Å². The molecule has 19 heavy (non-hydrogen) atoms. The molecule has 1 atom stereocenters. The van der Waals surface area contributed by atoms with Crippen molar-refractivity contribution in [2.24, 2.45) is 0 Å². The fourth-order valence-electron chi connectivity index (χ4n) is 2.77. The molecule has 0 radical (unpaired) electrons. The molecule has 1 saturated heterocycles. The van der Waals surface area contributed by atoms with Crippen LogP contribution < -0.4 is 10.2 Å². The highest BCUT2D eigenvalue weighted by Gasteiger charge is 2.23. The van der Waals surface area contributed by atoms with Crippen molar-refractivity contribution in [2.75, 3.05) is 25.1 Å². The first-order valence-corrected chi connectivity index (χ1v) is 7.37. The number of benzene rings is 1. The molecule has 1 aliphatic carbocycles. The van der Waals surface area contributed by atoms with Crippen LogP contribution in [0.5, 0.6) is 0 Å². The molecule has 104 valence electrons. The predicted molar refractivity (Wildman–Crippen MR) is 78.7 cm³/mol. The summed E-state index contributed by atoms with van der Waals surface area (Å²) in [6, 6.07) is 7.64. The Labute approximate surface area is 115 Å². The first-order valence-electron chi connectivity index (χ1n) is 7.37. The smallest absolute Gasteiger partial charge is 0.0762 e. The van der Waals surface area contributed by atoms with Crippen LogP contribution in [-0.4, -0.2) is 32.3 Å². The maximum Gasteiger partial charge on any atom is 0.0762 e. The van der Waals surface area contributed by atoms with Gasteiger partial charge in [0, 0.05) is 38.5 Å². The Hall–Kier alpha value is -1.06. The largest absolute Gasteiger partial charge is 0.380 e. The van der Waals surface area contributed by atoms with Gasteiger partial charge < -0.3 is 15.0 Å². The summed E-state index contributed by atoms with van der Waals surface area (Å²) in [5.41, 5.74) is 4.16. The second kappa shape index (κ2) is 5.51. The summed E-state index contributed by atoms with van der Waals surface area (Å²) >= 11 is 0. The molecule has 3 rings (SSSR count). The Morgan fingerprint density at radius 2 is 2.16 bits per heavy atom. The van der Waals surface area contributed by atoms with Crippen molar-refractivity contribution >= 4 is 5.69 Å². The summed E-state index contributed by atoms with van der Waals surface area (Å²) in [6.07, 6.45) is 4.24. The van der Waals surface area contributed by atoms with E-state index >= 15 is 0 Å². The van der Waals surface area contributed by atoms with E-state index in [0.29, 0.717) is 6.10 Å². The van der Waals surface area contributed by atoms with Crippen LogP contribution in [0.1, 0.15) is 30.4 Å². The molecule has 1 N–H and O–H groups in total. The molecule has 0 bridgehead atoms. The van der Waals surface area contributed by atoms with Gasteiger partial charge in [-0.25, -0.2) is 0 Å². The quantitative estimate of drug-likeness (QED) is 0.880. The number of nitrogens with zero attached hydrogens (tertiary/aromatic N) is 1. The number of methoxy groups -OCH3 is 1. The second-order valence-electron chi connectivity index (χ2n) is 5.86. The van der Waals surface area contributed by atoms with Crippen LogP contribution in [0.15, 0.2) is 18.2 Å². The Balaban J connectivity index is 1.64. The minimum atomic E-state index is 0.400. The molecule has 1 aromatic rings. The van der Waals surface area contributed by atoms with E-state index in [2.05, 4.69) is 35.3 Å². The first kappa shape index (κ1) is 12.9. The van der Waals surface area contributed by atoms with Gasteiger partial charge in [0.1, 0.15) is 0 Å². The van der Waals surface area contributed by atoms with Crippen molar-refractivity contribution in [2.45, 2.75) is 44.9 Å². The van der Waals surface area contributed by atoms with Crippen LogP contribution in [-0.2, 0) is 11.3 Å². The van der Waals surface area contributed by atoms with E-state index in [0.717, 1.165) is 32.1 Å². The normalized spacial score (nSPS) is 23.1. The van der Waals surface area contributed by atoms with Crippen molar-refractivity contribution in [3.63, 3.8) is 0 Å². The molecule has 0 spiro atoms. The molecule has 3 heteroatoms. The van der Waals surface area contributed by atoms with Gasteiger partial charge in [-0.3, -0.25) is 0 Å². The lowest BCUT2D eigenvalue weighted by Crippen LogP contribution is -2.22. The van der Waals surface area contributed by atoms with E-state index in [1.165, 1.54) is 29.7 Å². The second-order valence-corrected chi connectivity index (χ2v) is 5.86. The molecule has 1 unspecified atom stereocenters. The van der Waals surface area contributed by atoms with Gasteiger partial charge >= 0.3 is 0 Å². The van der Waals surface area contributed by atoms with Crippen LogP contribution in [0.2, 0.25) is 0 Å². The van der Waals surface area contributed by atoms with Crippen molar-refractivity contribution < 1.29 is 4.74 Å². The third-order valence-electron chi connectivity index (χ3n) is 4.33. The van der Waals surface area contributed by atoms with Crippen molar-refractivity contribution in [1.82, 2.24) is 5.32 Å². The van der Waals surface area contributed by atoms with E-state index in [1.807, 2.05) is 7.11 Å². The Kier molecular flexibility index (Phi) is 3.76. The Morgan fingerprint density at radius 1 is 1.32 bits per heavy atom. The predicted octanol–water partition coefficient (Wildman–Crippen LogP) is 2.47. The molecular weight excluding hydrogens is 236 g/mol. The number of nitrogens with one attached hydrogen (secondary N) is 1. The number of hydrogen-bond donors (Lipinski definition) is 1. The summed E-state index contributed by atoms with van der Waals surface area (Å²) in [7, 11) is 1.81. The van der Waals surface area contributed by atoms with Gasteiger partial charge in [0.05, 0.1) is 6.10 Å². The number of anilines is 1. The van der Waals surface area contributed by atoms with Gasteiger partial charge in [-0.1, -0.05) is 6.07 Å². The first-order chi connectivity index (χ1) is 9.26. The lowest BCUT2D eigenvalue weighted by molar-refractivity contribution is 0.121. The average molecular weight is 260 g/mol. The standard InChI is InChI=1S/C16H24N2O/c1-12-9-15(18-8-7-16(11-18)19-2)6-3-13(12)10-17-14-4-5-14/h3,6,9,14,16-17H,4-5,7-8,10-11H2,1-2H3. The van der Waals surface area contributed by atoms with E-state index in [4.69, 9.17) is 4.74 Å². The molecule has 0 amide bonds. The minimum absolute atomic E-state index is 0.400. The monoisotopic (exact) mass is 260 g/mol. The zero-order valence-electron chi connectivity index (χ0n) is 12.0. The van der Waals surface area contributed by atoms with E-state index in [1.54, 1.807) is 0 Å². The van der Waals surface area contributed by atoms with Crippen LogP contribution in [0.3, 0.4) is 0 Å². The lowest BCUT2D eigenvalue weighted by atomic mass is 10.1. The maximum absolute atomic E-state index is 5.44. The van der Waals surface area contributed by atoms with Crippen molar-refractivity contribution in [3.05, 3.63) is 29.3 Å². The van der Waals surface area contributed by atoms with E-state index in [9.17, 15) is 0 Å². The summed E-state index contributed by atoms with van der Waals surface area (Å²) in [5, 5.41) is 3.59. The highest BCUT2D eigenvalue weighted by atomic mass is 16.5. The van der Waals surface area contributed by atoms with E-state index in [-0.39, 0.29) is 0 Å². The Bertz CT molecular complexity index is 442. The minimum Gasteiger partial charge on any atom is -0.380 e. The molecule has 1 aliphatic heterocycles. The Morgan fingerprint density at radius 3 is 2.79 bits per heavy atom. The number of ether oxygens (including phenoxy) is 1. The summed E-state index contributed by atoms with van der Waals surface area (Å²) in [5.74, 6) is 0. The average Bonchev–Trinajstić information content (AvgIpc) is 3.12. The number of hydrogen-bond acceptors (Lipinski definition) is 3. The molecule has 2 aliphatic rings. The van der Waals surface area contributed by atoms with Crippen molar-refractivity contribution in [3.8, 4) is 0 Å². The van der Waals surface area contributed by atoms with Gasteiger partial charge in [0.2, 0.25) is 0 Å². The van der Waals surface area contributed by atoms with E-state index < -0.39 is 0 Å². The van der Waals surface area contributed by atoms with Crippen LogP contribution in [0, 0.1) is 6.92 Å². The van der Waals surface area contributed by atoms with Gasteiger partial charge in [0.15, 0.2) is 0 Å². The van der Waals surface area contributed by atoms with Crippen molar-refractivity contribution in [1.29, 1.82) is 0 Å². The number of rotatable bonds is 5. The molecule has 1 heterocycles. The van der Waals surface area contributed by atoms with Crippen LogP contribution in [0.25, 0.3) is 0 Å². The highest BCUT2D eigenvalue weighted by molar-refractivity contribution is 5.51. The zero-order valence-corrected chi connectivity index (χ0v) is 12.0. The zero-order chi connectivity index (χ0) is 13.2. The third kappa shape index (κ3) is 3.10. The fourth-order valence-corrected chi connectivity index (χ4v) is 2.77. The third-order valence-corrected chi connectivity index (χ3v) is 4.33. The van der Waals surface area contributed by atoms with Gasteiger partial charge in [-0.05, 0) is 49.4 Å². The molecular formula is C16H24N2O. The maximum atomic E-state index is 5.44. The summed E-state index contributed by atoms with van der Waals surface area (Å²) in [4.78, 5) is 2.43. The van der Waals surface area contributed by atoms with Crippen LogP contribution in [0.4, 0.5) is 5.69 Å². The topological polar surface area (TPSA) is 24.5 Å². The van der Waals surface area contributed by atoms with Crippen LogP contribution >= 0.6 is 0 Å². The van der Waals surface area contributed by atoms with Gasteiger partial charge in [-0.2, -0.15) is 0 Å². The fraction of sp³-hybridized carbons (Fsp3) is 0.625. The SMILES string of the molecule is COC1CCN(c2ccc(CNC3CC3)c(C)c2)C1. The molecule has 1 saturated carbocycles. The molecule has 3 nitrogen and oxygen atoms in total. The molecule has 1 aromatic carbocycles. The summed E-state index contributed by atoms with van der Waals surface area (Å²) in [6.45, 7) is 5.36.